The van der Waals surface area contributed by atoms with Crippen molar-refractivity contribution in [1.29, 1.82) is 0 Å². The molecule has 1 unspecified atom stereocenters. The molecule has 1 heterocycles. The zero-order valence-electron chi connectivity index (χ0n) is 12.3. The molecule has 0 fully saturated rings. The maximum Gasteiger partial charge on any atom is 0.309 e. The third-order valence-electron chi connectivity index (χ3n) is 3.16. The van der Waals surface area contributed by atoms with E-state index in [0.717, 1.165) is 17.7 Å². The van der Waals surface area contributed by atoms with Crippen LogP contribution in [0.5, 0.6) is 5.75 Å². The van der Waals surface area contributed by atoms with Crippen LogP contribution in [0.4, 0.5) is 0 Å². The van der Waals surface area contributed by atoms with Crippen molar-refractivity contribution in [1.82, 2.24) is 10.1 Å². The molecule has 0 spiro atoms. The SMILES string of the molecule is CCC(C)C(=O)OCc1noc(-c2ccc(OC)cc2)n1. The minimum atomic E-state index is -0.256. The Labute approximate surface area is 123 Å². The molecule has 6 heteroatoms. The molecule has 0 saturated carbocycles. The summed E-state index contributed by atoms with van der Waals surface area (Å²) in [6.45, 7) is 3.77. The number of nitrogens with zero attached hydrogens (tertiary/aromatic N) is 2. The lowest BCUT2D eigenvalue weighted by Gasteiger charge is -2.06. The third-order valence-corrected chi connectivity index (χ3v) is 3.16. The number of hydrogen-bond acceptors (Lipinski definition) is 6. The van der Waals surface area contributed by atoms with E-state index in [4.69, 9.17) is 14.0 Å². The third kappa shape index (κ3) is 3.81. The summed E-state index contributed by atoms with van der Waals surface area (Å²) < 4.78 is 15.4. The van der Waals surface area contributed by atoms with E-state index in [1.807, 2.05) is 38.1 Å². The smallest absolute Gasteiger partial charge is 0.309 e. The van der Waals surface area contributed by atoms with Crippen LogP contribution in [0.25, 0.3) is 11.5 Å². The fourth-order valence-electron chi connectivity index (χ4n) is 1.61. The fraction of sp³-hybridized carbons (Fsp3) is 0.400. The van der Waals surface area contributed by atoms with Crippen molar-refractivity contribution in [2.24, 2.45) is 5.92 Å². The average molecular weight is 290 g/mol. The number of ether oxygens (including phenoxy) is 2. The molecule has 2 rings (SSSR count). The molecular weight excluding hydrogens is 272 g/mol. The van der Waals surface area contributed by atoms with Crippen molar-refractivity contribution in [2.75, 3.05) is 7.11 Å². The maximum absolute atomic E-state index is 11.6. The van der Waals surface area contributed by atoms with Crippen LogP contribution in [0.3, 0.4) is 0 Å². The molecule has 21 heavy (non-hydrogen) atoms. The first-order chi connectivity index (χ1) is 10.1. The predicted molar refractivity (Wildman–Crippen MR) is 75.5 cm³/mol. The van der Waals surface area contributed by atoms with Gasteiger partial charge in [0, 0.05) is 5.56 Å². The van der Waals surface area contributed by atoms with E-state index in [1.54, 1.807) is 7.11 Å². The Kier molecular flexibility index (Phi) is 4.92. The lowest BCUT2D eigenvalue weighted by atomic mass is 10.1. The second-order valence-electron chi connectivity index (χ2n) is 4.66. The molecule has 6 nitrogen and oxygen atoms in total. The predicted octanol–water partition coefficient (Wildman–Crippen LogP) is 2.83. The van der Waals surface area contributed by atoms with Gasteiger partial charge >= 0.3 is 5.97 Å². The second-order valence-corrected chi connectivity index (χ2v) is 4.66. The number of methoxy groups -OCH3 is 1. The molecule has 0 bridgehead atoms. The van der Waals surface area contributed by atoms with Crippen molar-refractivity contribution in [3.8, 4) is 17.2 Å². The zero-order chi connectivity index (χ0) is 15.2. The fourth-order valence-corrected chi connectivity index (χ4v) is 1.61. The number of carbonyl (C=O) groups is 1. The van der Waals surface area contributed by atoms with Crippen molar-refractivity contribution >= 4 is 5.97 Å². The van der Waals surface area contributed by atoms with Gasteiger partial charge in [0.05, 0.1) is 13.0 Å². The molecule has 112 valence electrons. The van der Waals surface area contributed by atoms with Gasteiger partial charge in [0.1, 0.15) is 5.75 Å². The summed E-state index contributed by atoms with van der Waals surface area (Å²) in [5.41, 5.74) is 0.780. The van der Waals surface area contributed by atoms with Crippen molar-refractivity contribution in [2.45, 2.75) is 26.9 Å². The monoisotopic (exact) mass is 290 g/mol. The number of esters is 1. The summed E-state index contributed by atoms with van der Waals surface area (Å²) in [5, 5.41) is 3.80. The van der Waals surface area contributed by atoms with E-state index >= 15 is 0 Å². The standard InChI is InChI=1S/C15H18N2O4/c1-4-10(2)15(18)20-9-13-16-14(21-17-13)11-5-7-12(19-3)8-6-11/h5-8,10H,4,9H2,1-3H3. The molecule has 0 aliphatic rings. The molecule has 0 aliphatic carbocycles. The molecule has 2 aromatic rings. The van der Waals surface area contributed by atoms with Gasteiger partial charge in [-0.25, -0.2) is 0 Å². The van der Waals surface area contributed by atoms with E-state index in [9.17, 15) is 4.79 Å². The highest BCUT2D eigenvalue weighted by Gasteiger charge is 2.14. The number of rotatable bonds is 6. The van der Waals surface area contributed by atoms with Crippen LogP contribution in [0.15, 0.2) is 28.8 Å². The average Bonchev–Trinajstić information content (AvgIpc) is 3.00. The van der Waals surface area contributed by atoms with Crippen LogP contribution in [0, 0.1) is 5.92 Å². The molecule has 0 saturated heterocycles. The summed E-state index contributed by atoms with van der Waals surface area (Å²) in [4.78, 5) is 15.8. The van der Waals surface area contributed by atoms with Crippen LogP contribution in [-0.4, -0.2) is 23.2 Å². The first-order valence-electron chi connectivity index (χ1n) is 6.77. The van der Waals surface area contributed by atoms with Crippen LogP contribution in [0.2, 0.25) is 0 Å². The molecule has 0 N–H and O–H groups in total. The van der Waals surface area contributed by atoms with Crippen molar-refractivity contribution in [3.63, 3.8) is 0 Å². The molecular formula is C15H18N2O4. The minimum absolute atomic E-state index is 0.0167. The van der Waals surface area contributed by atoms with Gasteiger partial charge in [0.25, 0.3) is 5.89 Å². The summed E-state index contributed by atoms with van der Waals surface area (Å²) in [6, 6.07) is 7.26. The molecule has 0 amide bonds. The Bertz CT molecular complexity index is 592. The van der Waals surface area contributed by atoms with E-state index in [0.29, 0.717) is 11.7 Å². The van der Waals surface area contributed by atoms with E-state index < -0.39 is 0 Å². The topological polar surface area (TPSA) is 74.5 Å². The number of carbonyl (C=O) groups excluding carboxylic acids is 1. The van der Waals surface area contributed by atoms with E-state index in [2.05, 4.69) is 10.1 Å². The summed E-state index contributed by atoms with van der Waals surface area (Å²) in [6.07, 6.45) is 0.738. The van der Waals surface area contributed by atoms with Gasteiger partial charge < -0.3 is 14.0 Å². The lowest BCUT2D eigenvalue weighted by molar-refractivity contribution is -0.149. The quantitative estimate of drug-likeness (QED) is 0.761. The Morgan fingerprint density at radius 2 is 2.05 bits per heavy atom. The van der Waals surface area contributed by atoms with Crippen LogP contribution in [0.1, 0.15) is 26.1 Å². The van der Waals surface area contributed by atoms with Crippen LogP contribution in [-0.2, 0) is 16.1 Å². The highest BCUT2D eigenvalue weighted by atomic mass is 16.5. The first-order valence-corrected chi connectivity index (χ1v) is 6.77. The van der Waals surface area contributed by atoms with Crippen LogP contribution >= 0.6 is 0 Å². The molecule has 0 radical (unpaired) electrons. The number of aromatic nitrogens is 2. The number of benzene rings is 1. The molecule has 1 atom stereocenters. The maximum atomic E-state index is 11.6. The van der Waals surface area contributed by atoms with Gasteiger partial charge in [-0.3, -0.25) is 4.79 Å². The van der Waals surface area contributed by atoms with Gasteiger partial charge in [-0.05, 0) is 30.7 Å². The highest BCUT2D eigenvalue weighted by molar-refractivity contribution is 5.71. The number of hydrogen-bond donors (Lipinski definition) is 0. The summed E-state index contributed by atoms with van der Waals surface area (Å²) in [5.74, 6) is 1.09. The van der Waals surface area contributed by atoms with Gasteiger partial charge in [0.2, 0.25) is 5.82 Å². The van der Waals surface area contributed by atoms with Gasteiger partial charge in [0.15, 0.2) is 6.61 Å². The highest BCUT2D eigenvalue weighted by Crippen LogP contribution is 2.20. The van der Waals surface area contributed by atoms with E-state index in [-0.39, 0.29) is 18.5 Å². The largest absolute Gasteiger partial charge is 0.497 e. The Morgan fingerprint density at radius 1 is 1.33 bits per heavy atom. The van der Waals surface area contributed by atoms with Crippen molar-refractivity contribution < 1.29 is 18.8 Å². The molecule has 1 aromatic heterocycles. The Morgan fingerprint density at radius 3 is 2.67 bits per heavy atom. The van der Waals surface area contributed by atoms with Gasteiger partial charge in [-0.2, -0.15) is 4.98 Å². The Balaban J connectivity index is 1.99. The van der Waals surface area contributed by atoms with Gasteiger partial charge in [-0.15, -0.1) is 0 Å². The minimum Gasteiger partial charge on any atom is -0.497 e. The second kappa shape index (κ2) is 6.88. The first kappa shape index (κ1) is 15.0. The lowest BCUT2D eigenvalue weighted by Crippen LogP contribution is -2.14. The van der Waals surface area contributed by atoms with Crippen molar-refractivity contribution in [3.05, 3.63) is 30.1 Å². The zero-order valence-corrected chi connectivity index (χ0v) is 12.3. The van der Waals surface area contributed by atoms with E-state index in [1.165, 1.54) is 0 Å². The molecule has 1 aromatic carbocycles. The van der Waals surface area contributed by atoms with Crippen LogP contribution < -0.4 is 4.74 Å². The summed E-state index contributed by atoms with van der Waals surface area (Å²) in [7, 11) is 1.60. The van der Waals surface area contributed by atoms with Gasteiger partial charge in [-0.1, -0.05) is 19.0 Å². The molecule has 0 aliphatic heterocycles. The Hall–Kier alpha value is -2.37. The normalized spacial score (nSPS) is 12.0. The summed E-state index contributed by atoms with van der Waals surface area (Å²) >= 11 is 0.